The zero-order chi connectivity index (χ0) is 12.8. The van der Waals surface area contributed by atoms with Gasteiger partial charge in [0.25, 0.3) is 0 Å². The van der Waals surface area contributed by atoms with Gasteiger partial charge in [-0.05, 0) is 33.9 Å². The smallest absolute Gasteiger partial charge is 0.123 e. The molecule has 2 unspecified atom stereocenters. The van der Waals surface area contributed by atoms with Crippen LogP contribution < -0.4 is 10.1 Å². The van der Waals surface area contributed by atoms with Crippen molar-refractivity contribution in [2.45, 2.75) is 32.9 Å². The van der Waals surface area contributed by atoms with E-state index in [1.54, 1.807) is 7.11 Å². The second-order valence-electron chi connectivity index (χ2n) is 4.17. The maximum atomic E-state index is 5.67. The zero-order valence-electron chi connectivity index (χ0n) is 11.4. The van der Waals surface area contributed by atoms with Crippen LogP contribution in [-0.4, -0.2) is 26.9 Å². The van der Waals surface area contributed by atoms with Crippen LogP contribution in [0.2, 0.25) is 0 Å². The molecule has 0 amide bonds. The van der Waals surface area contributed by atoms with Crippen molar-refractivity contribution in [3.63, 3.8) is 0 Å². The van der Waals surface area contributed by atoms with Crippen molar-refractivity contribution in [1.82, 2.24) is 5.32 Å². The summed E-state index contributed by atoms with van der Waals surface area (Å²) in [5, 5.41) is 3.30. The molecular formula is C14H23NO2. The molecular weight excluding hydrogens is 214 g/mol. The molecule has 0 aliphatic rings. The van der Waals surface area contributed by atoms with Gasteiger partial charge in [0, 0.05) is 12.2 Å². The molecule has 0 aliphatic carbocycles. The molecule has 0 fully saturated rings. The fourth-order valence-electron chi connectivity index (χ4n) is 2.10. The summed E-state index contributed by atoms with van der Waals surface area (Å²) in [6.45, 7) is 6.89. The van der Waals surface area contributed by atoms with Crippen LogP contribution in [0.4, 0.5) is 0 Å². The van der Waals surface area contributed by atoms with Gasteiger partial charge in [-0.1, -0.05) is 17.7 Å². The lowest BCUT2D eigenvalue weighted by atomic mass is 9.99. The molecule has 0 bridgehead atoms. The first kappa shape index (κ1) is 14.0. The molecule has 0 aliphatic heterocycles. The van der Waals surface area contributed by atoms with Crippen molar-refractivity contribution in [3.8, 4) is 5.75 Å². The number of aryl methyl sites for hydroxylation is 1. The molecule has 1 aromatic carbocycles. The number of benzene rings is 1. The Hall–Kier alpha value is -1.06. The van der Waals surface area contributed by atoms with Crippen LogP contribution in [0.15, 0.2) is 18.2 Å². The number of hydrogen-bond acceptors (Lipinski definition) is 3. The van der Waals surface area contributed by atoms with Gasteiger partial charge in [-0.3, -0.25) is 0 Å². The van der Waals surface area contributed by atoms with Crippen LogP contribution in [0.1, 0.15) is 31.0 Å². The largest absolute Gasteiger partial charge is 0.496 e. The van der Waals surface area contributed by atoms with E-state index < -0.39 is 0 Å². The third kappa shape index (κ3) is 3.45. The lowest BCUT2D eigenvalue weighted by Gasteiger charge is -2.25. The normalized spacial score (nSPS) is 14.4. The predicted octanol–water partition coefficient (Wildman–Crippen LogP) is 2.69. The topological polar surface area (TPSA) is 30.5 Å². The molecule has 1 N–H and O–H groups in total. The summed E-state index contributed by atoms with van der Waals surface area (Å²) in [6, 6.07) is 6.36. The molecule has 17 heavy (non-hydrogen) atoms. The highest BCUT2D eigenvalue weighted by molar-refractivity contribution is 5.39. The lowest BCUT2D eigenvalue weighted by Crippen LogP contribution is -2.30. The van der Waals surface area contributed by atoms with Crippen molar-refractivity contribution in [1.29, 1.82) is 0 Å². The van der Waals surface area contributed by atoms with E-state index in [0.717, 1.165) is 11.3 Å². The van der Waals surface area contributed by atoms with Crippen LogP contribution >= 0.6 is 0 Å². The van der Waals surface area contributed by atoms with E-state index in [-0.39, 0.29) is 12.1 Å². The average molecular weight is 237 g/mol. The molecule has 0 spiro atoms. The Balaban J connectivity index is 3.05. The zero-order valence-corrected chi connectivity index (χ0v) is 11.4. The minimum absolute atomic E-state index is 0.112. The van der Waals surface area contributed by atoms with Gasteiger partial charge in [0.1, 0.15) is 5.75 Å². The highest BCUT2D eigenvalue weighted by Crippen LogP contribution is 2.29. The third-order valence-corrected chi connectivity index (χ3v) is 2.93. The predicted molar refractivity (Wildman–Crippen MR) is 70.6 cm³/mol. The molecule has 1 rings (SSSR count). The van der Waals surface area contributed by atoms with E-state index >= 15 is 0 Å². The molecule has 2 atom stereocenters. The Kier molecular flexibility index (Phi) is 5.45. The maximum absolute atomic E-state index is 5.67. The van der Waals surface area contributed by atoms with Crippen LogP contribution in [0, 0.1) is 6.92 Å². The molecule has 3 heteroatoms. The van der Waals surface area contributed by atoms with Crippen molar-refractivity contribution in [2.24, 2.45) is 0 Å². The summed E-state index contributed by atoms with van der Waals surface area (Å²) in [4.78, 5) is 0. The highest BCUT2D eigenvalue weighted by Gasteiger charge is 2.21. The summed E-state index contributed by atoms with van der Waals surface area (Å²) < 4.78 is 11.1. The van der Waals surface area contributed by atoms with Gasteiger partial charge in [0.05, 0.1) is 19.3 Å². The summed E-state index contributed by atoms with van der Waals surface area (Å²) in [6.07, 6.45) is 0.112. The SMILES string of the molecule is CCOC(C)C(NC)c1cc(C)ccc1OC. The molecule has 0 aromatic heterocycles. The number of rotatable bonds is 6. The van der Waals surface area contributed by atoms with E-state index in [9.17, 15) is 0 Å². The lowest BCUT2D eigenvalue weighted by molar-refractivity contribution is 0.0486. The molecule has 0 radical (unpaired) electrons. The average Bonchev–Trinajstić information content (AvgIpc) is 2.31. The molecule has 1 aromatic rings. The van der Waals surface area contributed by atoms with Gasteiger partial charge < -0.3 is 14.8 Å². The number of likely N-dealkylation sites (N-methyl/N-ethyl adjacent to an activating group) is 1. The van der Waals surface area contributed by atoms with Crippen molar-refractivity contribution < 1.29 is 9.47 Å². The fourth-order valence-corrected chi connectivity index (χ4v) is 2.10. The minimum Gasteiger partial charge on any atom is -0.496 e. The first-order valence-electron chi connectivity index (χ1n) is 6.07. The van der Waals surface area contributed by atoms with Crippen molar-refractivity contribution in [3.05, 3.63) is 29.3 Å². The summed E-state index contributed by atoms with van der Waals surface area (Å²) >= 11 is 0. The van der Waals surface area contributed by atoms with Crippen molar-refractivity contribution in [2.75, 3.05) is 20.8 Å². The standard InChI is InChI=1S/C14H23NO2/c1-6-17-11(3)14(15-4)12-9-10(2)7-8-13(12)16-5/h7-9,11,14-15H,6H2,1-5H3. The van der Waals surface area contributed by atoms with Crippen LogP contribution in [-0.2, 0) is 4.74 Å². The fraction of sp³-hybridized carbons (Fsp3) is 0.571. The molecule has 0 saturated heterocycles. The van der Waals surface area contributed by atoms with E-state index in [2.05, 4.69) is 31.3 Å². The summed E-state index contributed by atoms with van der Waals surface area (Å²) in [5.74, 6) is 0.904. The minimum atomic E-state index is 0.112. The van der Waals surface area contributed by atoms with Gasteiger partial charge in [0.15, 0.2) is 0 Å². The number of hydrogen-bond donors (Lipinski definition) is 1. The van der Waals surface area contributed by atoms with E-state index in [1.165, 1.54) is 5.56 Å². The maximum Gasteiger partial charge on any atom is 0.123 e. The van der Waals surface area contributed by atoms with Crippen LogP contribution in [0.5, 0.6) is 5.75 Å². The Morgan fingerprint density at radius 1 is 1.35 bits per heavy atom. The van der Waals surface area contributed by atoms with E-state index in [4.69, 9.17) is 9.47 Å². The molecule has 96 valence electrons. The second-order valence-corrected chi connectivity index (χ2v) is 4.17. The summed E-state index contributed by atoms with van der Waals surface area (Å²) in [7, 11) is 3.65. The first-order chi connectivity index (χ1) is 8.13. The Bertz CT molecular complexity index is 352. The molecule has 3 nitrogen and oxygen atoms in total. The van der Waals surface area contributed by atoms with Gasteiger partial charge >= 0.3 is 0 Å². The highest BCUT2D eigenvalue weighted by atomic mass is 16.5. The number of nitrogens with one attached hydrogen (secondary N) is 1. The van der Waals surface area contributed by atoms with Crippen LogP contribution in [0.3, 0.4) is 0 Å². The Morgan fingerprint density at radius 2 is 2.06 bits per heavy atom. The first-order valence-corrected chi connectivity index (χ1v) is 6.07. The molecule has 0 saturated carbocycles. The van der Waals surface area contributed by atoms with Crippen molar-refractivity contribution >= 4 is 0 Å². The van der Waals surface area contributed by atoms with Gasteiger partial charge in [-0.15, -0.1) is 0 Å². The molecule has 0 heterocycles. The number of methoxy groups -OCH3 is 1. The van der Waals surface area contributed by atoms with E-state index in [0.29, 0.717) is 6.61 Å². The van der Waals surface area contributed by atoms with Gasteiger partial charge in [0.2, 0.25) is 0 Å². The van der Waals surface area contributed by atoms with Gasteiger partial charge in [-0.25, -0.2) is 0 Å². The quantitative estimate of drug-likeness (QED) is 0.825. The number of ether oxygens (including phenoxy) is 2. The van der Waals surface area contributed by atoms with Crippen LogP contribution in [0.25, 0.3) is 0 Å². The Morgan fingerprint density at radius 3 is 2.59 bits per heavy atom. The van der Waals surface area contributed by atoms with E-state index in [1.807, 2.05) is 20.0 Å². The second kappa shape index (κ2) is 6.62. The van der Waals surface area contributed by atoms with Gasteiger partial charge in [-0.2, -0.15) is 0 Å². The summed E-state index contributed by atoms with van der Waals surface area (Å²) in [5.41, 5.74) is 2.38. The monoisotopic (exact) mass is 237 g/mol. The Labute approximate surface area is 104 Å². The third-order valence-electron chi connectivity index (χ3n) is 2.93.